The van der Waals surface area contributed by atoms with Crippen LogP contribution in [0.5, 0.6) is 0 Å². The number of likely N-dealkylation sites (N-methyl/N-ethyl adjacent to an activating group) is 1. The van der Waals surface area contributed by atoms with E-state index in [1.54, 1.807) is 6.33 Å². The number of aromatic nitrogens is 2. The van der Waals surface area contributed by atoms with Gasteiger partial charge in [0, 0.05) is 25.7 Å². The third-order valence-electron chi connectivity index (χ3n) is 3.11. The Balaban J connectivity index is 1.69. The van der Waals surface area contributed by atoms with Gasteiger partial charge in [-0.25, -0.2) is 4.98 Å². The van der Waals surface area contributed by atoms with Crippen LogP contribution in [-0.2, 0) is 17.8 Å². The third-order valence-corrected chi connectivity index (χ3v) is 3.11. The SMILES string of the molecule is CCNCCc1cn(CC(=O)NCC2CC2)cn1. The number of rotatable bonds is 8. The zero-order chi connectivity index (χ0) is 12.8. The monoisotopic (exact) mass is 250 g/mol. The molecule has 0 spiro atoms. The lowest BCUT2D eigenvalue weighted by Gasteiger charge is -2.04. The summed E-state index contributed by atoms with van der Waals surface area (Å²) in [6.07, 6.45) is 7.12. The molecule has 1 amide bonds. The van der Waals surface area contributed by atoms with E-state index < -0.39 is 0 Å². The molecule has 2 N–H and O–H groups in total. The van der Waals surface area contributed by atoms with Crippen molar-refractivity contribution in [2.45, 2.75) is 32.7 Å². The van der Waals surface area contributed by atoms with E-state index in [2.05, 4.69) is 22.5 Å². The molecule has 0 saturated heterocycles. The molecule has 0 bridgehead atoms. The van der Waals surface area contributed by atoms with Crippen LogP contribution in [0.4, 0.5) is 0 Å². The van der Waals surface area contributed by atoms with Crippen molar-refractivity contribution in [2.24, 2.45) is 5.92 Å². The van der Waals surface area contributed by atoms with Gasteiger partial charge in [-0.15, -0.1) is 0 Å². The van der Waals surface area contributed by atoms with Gasteiger partial charge in [0.15, 0.2) is 0 Å². The van der Waals surface area contributed by atoms with Gasteiger partial charge in [0.2, 0.25) is 5.91 Å². The van der Waals surface area contributed by atoms with Gasteiger partial charge in [-0.3, -0.25) is 4.79 Å². The summed E-state index contributed by atoms with van der Waals surface area (Å²) in [4.78, 5) is 15.9. The maximum atomic E-state index is 11.6. The van der Waals surface area contributed by atoms with Crippen LogP contribution in [0.1, 0.15) is 25.5 Å². The van der Waals surface area contributed by atoms with E-state index in [-0.39, 0.29) is 5.91 Å². The Morgan fingerprint density at radius 1 is 1.56 bits per heavy atom. The van der Waals surface area contributed by atoms with Crippen molar-refractivity contribution in [1.82, 2.24) is 20.2 Å². The average molecular weight is 250 g/mol. The topological polar surface area (TPSA) is 59.0 Å². The summed E-state index contributed by atoms with van der Waals surface area (Å²) in [5.41, 5.74) is 1.03. The van der Waals surface area contributed by atoms with E-state index in [1.807, 2.05) is 10.8 Å². The van der Waals surface area contributed by atoms with Crippen molar-refractivity contribution in [3.8, 4) is 0 Å². The smallest absolute Gasteiger partial charge is 0.239 e. The Morgan fingerprint density at radius 2 is 2.39 bits per heavy atom. The molecule has 1 fully saturated rings. The largest absolute Gasteiger partial charge is 0.354 e. The predicted octanol–water partition coefficient (Wildman–Crippen LogP) is 0.561. The molecule has 2 rings (SSSR count). The molecule has 1 saturated carbocycles. The quantitative estimate of drug-likeness (QED) is 0.663. The van der Waals surface area contributed by atoms with Crippen molar-refractivity contribution < 1.29 is 4.79 Å². The number of hydrogen-bond donors (Lipinski definition) is 2. The lowest BCUT2D eigenvalue weighted by molar-refractivity contribution is -0.121. The summed E-state index contributed by atoms with van der Waals surface area (Å²) in [6, 6.07) is 0. The van der Waals surface area contributed by atoms with Crippen LogP contribution in [0.25, 0.3) is 0 Å². The molecule has 1 aromatic rings. The molecule has 100 valence electrons. The van der Waals surface area contributed by atoms with Crippen LogP contribution in [0.15, 0.2) is 12.5 Å². The second kappa shape index (κ2) is 6.54. The Bertz CT molecular complexity index is 384. The summed E-state index contributed by atoms with van der Waals surface area (Å²) in [5, 5.41) is 6.21. The molecule has 1 aliphatic rings. The highest BCUT2D eigenvalue weighted by Crippen LogP contribution is 2.27. The minimum atomic E-state index is 0.0810. The Morgan fingerprint density at radius 3 is 3.11 bits per heavy atom. The third kappa shape index (κ3) is 4.49. The van der Waals surface area contributed by atoms with Crippen molar-refractivity contribution in [1.29, 1.82) is 0 Å². The van der Waals surface area contributed by atoms with Gasteiger partial charge in [0.05, 0.1) is 12.0 Å². The summed E-state index contributed by atoms with van der Waals surface area (Å²) in [5.74, 6) is 0.810. The fraction of sp³-hybridized carbons (Fsp3) is 0.692. The van der Waals surface area contributed by atoms with E-state index in [9.17, 15) is 4.79 Å². The van der Waals surface area contributed by atoms with E-state index in [0.717, 1.165) is 37.7 Å². The minimum Gasteiger partial charge on any atom is -0.354 e. The minimum absolute atomic E-state index is 0.0810. The van der Waals surface area contributed by atoms with Gasteiger partial charge in [0.25, 0.3) is 0 Å². The first kappa shape index (κ1) is 13.1. The molecule has 5 heteroatoms. The second-order valence-electron chi connectivity index (χ2n) is 4.89. The number of nitrogens with one attached hydrogen (secondary N) is 2. The first-order chi connectivity index (χ1) is 8.78. The van der Waals surface area contributed by atoms with E-state index in [1.165, 1.54) is 12.8 Å². The summed E-state index contributed by atoms with van der Waals surface area (Å²) in [7, 11) is 0. The number of carbonyl (C=O) groups excluding carboxylic acids is 1. The fourth-order valence-corrected chi connectivity index (χ4v) is 1.82. The molecule has 1 aliphatic carbocycles. The van der Waals surface area contributed by atoms with Crippen LogP contribution in [0.3, 0.4) is 0 Å². The van der Waals surface area contributed by atoms with Crippen molar-refractivity contribution in [3.63, 3.8) is 0 Å². The lowest BCUT2D eigenvalue weighted by atomic mass is 10.3. The normalized spacial score (nSPS) is 14.7. The van der Waals surface area contributed by atoms with E-state index in [0.29, 0.717) is 6.54 Å². The molecular formula is C13H22N4O. The summed E-state index contributed by atoms with van der Waals surface area (Å²) >= 11 is 0. The number of imidazole rings is 1. The number of nitrogens with zero attached hydrogens (tertiary/aromatic N) is 2. The van der Waals surface area contributed by atoms with Crippen molar-refractivity contribution in [2.75, 3.05) is 19.6 Å². The lowest BCUT2D eigenvalue weighted by Crippen LogP contribution is -2.28. The average Bonchev–Trinajstić information content (AvgIpc) is 3.09. The molecule has 0 aromatic carbocycles. The number of amides is 1. The molecule has 0 aliphatic heterocycles. The Kier molecular flexibility index (Phi) is 4.75. The second-order valence-corrected chi connectivity index (χ2v) is 4.89. The molecule has 1 heterocycles. The van der Waals surface area contributed by atoms with E-state index >= 15 is 0 Å². The molecular weight excluding hydrogens is 228 g/mol. The predicted molar refractivity (Wildman–Crippen MR) is 70.2 cm³/mol. The van der Waals surface area contributed by atoms with Crippen LogP contribution >= 0.6 is 0 Å². The molecule has 0 radical (unpaired) electrons. The molecule has 0 unspecified atom stereocenters. The Hall–Kier alpha value is -1.36. The van der Waals surface area contributed by atoms with Crippen LogP contribution in [0, 0.1) is 5.92 Å². The summed E-state index contributed by atoms with van der Waals surface area (Å²) in [6.45, 7) is 5.20. The highest BCUT2D eigenvalue weighted by atomic mass is 16.1. The van der Waals surface area contributed by atoms with Gasteiger partial charge in [-0.2, -0.15) is 0 Å². The highest BCUT2D eigenvalue weighted by Gasteiger charge is 2.21. The zero-order valence-corrected chi connectivity index (χ0v) is 11.0. The van der Waals surface area contributed by atoms with Crippen LogP contribution in [-0.4, -0.2) is 35.1 Å². The van der Waals surface area contributed by atoms with Crippen LogP contribution < -0.4 is 10.6 Å². The maximum absolute atomic E-state index is 11.6. The fourth-order valence-electron chi connectivity index (χ4n) is 1.82. The molecule has 1 aromatic heterocycles. The first-order valence-electron chi connectivity index (χ1n) is 6.76. The standard InChI is InChI=1S/C13H22N4O/c1-2-14-6-5-12-8-17(10-16-12)9-13(18)15-7-11-3-4-11/h8,10-11,14H,2-7,9H2,1H3,(H,15,18). The summed E-state index contributed by atoms with van der Waals surface area (Å²) < 4.78 is 1.85. The Labute approximate surface area is 108 Å². The molecule has 5 nitrogen and oxygen atoms in total. The molecule has 0 atom stereocenters. The van der Waals surface area contributed by atoms with Crippen LogP contribution in [0.2, 0.25) is 0 Å². The maximum Gasteiger partial charge on any atom is 0.239 e. The van der Waals surface area contributed by atoms with E-state index in [4.69, 9.17) is 0 Å². The number of hydrogen-bond acceptors (Lipinski definition) is 3. The van der Waals surface area contributed by atoms with Gasteiger partial charge in [0.1, 0.15) is 6.54 Å². The van der Waals surface area contributed by atoms with Gasteiger partial charge in [-0.1, -0.05) is 6.92 Å². The highest BCUT2D eigenvalue weighted by molar-refractivity contribution is 5.75. The van der Waals surface area contributed by atoms with Crippen molar-refractivity contribution >= 4 is 5.91 Å². The molecule has 18 heavy (non-hydrogen) atoms. The van der Waals surface area contributed by atoms with Gasteiger partial charge < -0.3 is 15.2 Å². The first-order valence-corrected chi connectivity index (χ1v) is 6.76. The van der Waals surface area contributed by atoms with Gasteiger partial charge in [-0.05, 0) is 25.3 Å². The zero-order valence-electron chi connectivity index (χ0n) is 11.0. The van der Waals surface area contributed by atoms with Gasteiger partial charge >= 0.3 is 0 Å². The van der Waals surface area contributed by atoms with Crippen molar-refractivity contribution in [3.05, 3.63) is 18.2 Å². The number of carbonyl (C=O) groups is 1.